The van der Waals surface area contributed by atoms with E-state index in [1.807, 2.05) is 50.2 Å². The molecule has 0 fully saturated rings. The van der Waals surface area contributed by atoms with Gasteiger partial charge in [-0.05, 0) is 30.6 Å². The molecular weight excluding hydrogens is 412 g/mol. The zero-order valence-electron chi connectivity index (χ0n) is 19.4. The maximum Gasteiger partial charge on any atom is 0.500 e. The van der Waals surface area contributed by atoms with Gasteiger partial charge in [0.25, 0.3) is 0 Å². The number of benzene rings is 2. The van der Waals surface area contributed by atoms with Crippen molar-refractivity contribution in [1.82, 2.24) is 0 Å². The van der Waals surface area contributed by atoms with E-state index < -0.39 is 17.4 Å². The quantitative estimate of drug-likeness (QED) is 0.458. The lowest BCUT2D eigenvalue weighted by Gasteiger charge is -2.30. The van der Waals surface area contributed by atoms with Crippen LogP contribution in [0.1, 0.15) is 33.6 Å². The minimum Gasteiger partial charge on any atom is -0.388 e. The van der Waals surface area contributed by atoms with Gasteiger partial charge in [-0.3, -0.25) is 0 Å². The van der Waals surface area contributed by atoms with Crippen LogP contribution in [0.4, 0.5) is 0 Å². The van der Waals surface area contributed by atoms with Crippen molar-refractivity contribution in [1.29, 1.82) is 0 Å². The normalized spacial score (nSPS) is 11.7. The van der Waals surface area contributed by atoms with Crippen molar-refractivity contribution in [2.45, 2.75) is 39.7 Å². The Hall–Kier alpha value is -1.33. The standard InChI is InChI=1S/C16H20O2Si.C7H18O3Si/c1-3-17-19(18-4-2,15-11-7-5-8-12-15)16-13-9-6-10-14-16;1-5-6-7-11(8-2,9-3)10-4/h5-14H,3-4H2,1-2H3;5-7H2,1-4H3. The molecule has 2 aromatic carbocycles. The van der Waals surface area contributed by atoms with E-state index in [1.165, 1.54) is 0 Å². The molecule has 0 atom stereocenters. The Kier molecular flexibility index (Phi) is 13.0. The molecule has 0 unspecified atom stereocenters. The Labute approximate surface area is 184 Å². The molecule has 168 valence electrons. The average Bonchev–Trinajstić information content (AvgIpc) is 2.82. The number of hydrogen-bond donors (Lipinski definition) is 0. The maximum atomic E-state index is 6.16. The van der Waals surface area contributed by atoms with Gasteiger partial charge in [-0.25, -0.2) is 0 Å². The summed E-state index contributed by atoms with van der Waals surface area (Å²) in [5, 5.41) is 2.31. The molecule has 0 bridgehead atoms. The second-order valence-electron chi connectivity index (χ2n) is 6.61. The number of hydrogen-bond acceptors (Lipinski definition) is 5. The number of unbranched alkanes of at least 4 members (excludes halogenated alkanes) is 1. The summed E-state index contributed by atoms with van der Waals surface area (Å²) < 4.78 is 28.0. The molecule has 0 aliphatic heterocycles. The van der Waals surface area contributed by atoms with Crippen molar-refractivity contribution in [2.75, 3.05) is 34.5 Å². The van der Waals surface area contributed by atoms with E-state index in [0.29, 0.717) is 13.2 Å². The third-order valence-corrected chi connectivity index (χ3v) is 11.2. The van der Waals surface area contributed by atoms with Gasteiger partial charge in [-0.15, -0.1) is 0 Å². The van der Waals surface area contributed by atoms with Gasteiger partial charge >= 0.3 is 17.4 Å². The van der Waals surface area contributed by atoms with Crippen LogP contribution in [0.3, 0.4) is 0 Å². The van der Waals surface area contributed by atoms with Crippen molar-refractivity contribution in [3.8, 4) is 0 Å². The lowest BCUT2D eigenvalue weighted by Crippen LogP contribution is -2.63. The fourth-order valence-corrected chi connectivity index (χ4v) is 8.27. The molecule has 0 spiro atoms. The first-order chi connectivity index (χ1) is 14.6. The molecule has 0 saturated carbocycles. The van der Waals surface area contributed by atoms with Gasteiger partial charge in [0.2, 0.25) is 0 Å². The van der Waals surface area contributed by atoms with Crippen molar-refractivity contribution in [3.05, 3.63) is 60.7 Å². The summed E-state index contributed by atoms with van der Waals surface area (Å²) in [4.78, 5) is 0. The van der Waals surface area contributed by atoms with Crippen LogP contribution in [0.2, 0.25) is 6.04 Å². The molecule has 0 saturated heterocycles. The van der Waals surface area contributed by atoms with Crippen LogP contribution in [-0.4, -0.2) is 51.9 Å². The minimum absolute atomic E-state index is 0.649. The van der Waals surface area contributed by atoms with Crippen molar-refractivity contribution < 1.29 is 22.1 Å². The highest BCUT2D eigenvalue weighted by molar-refractivity contribution is 6.92. The van der Waals surface area contributed by atoms with Gasteiger partial charge in [0, 0.05) is 40.6 Å². The number of rotatable bonds is 12. The minimum atomic E-state index is -2.55. The first-order valence-corrected chi connectivity index (χ1v) is 14.4. The second kappa shape index (κ2) is 14.6. The molecule has 0 radical (unpaired) electrons. The molecule has 2 aromatic rings. The molecule has 0 aromatic heterocycles. The maximum absolute atomic E-state index is 6.16. The zero-order valence-corrected chi connectivity index (χ0v) is 21.4. The first kappa shape index (κ1) is 26.7. The molecule has 0 aliphatic rings. The highest BCUT2D eigenvalue weighted by Gasteiger charge is 2.41. The average molecular weight is 451 g/mol. The van der Waals surface area contributed by atoms with Crippen LogP contribution in [0.15, 0.2) is 60.7 Å². The second-order valence-corrected chi connectivity index (χ2v) is 12.7. The smallest absolute Gasteiger partial charge is 0.388 e. The van der Waals surface area contributed by atoms with E-state index >= 15 is 0 Å². The summed E-state index contributed by atoms with van der Waals surface area (Å²) in [6.45, 7) is 7.48. The predicted molar refractivity (Wildman–Crippen MR) is 128 cm³/mol. The van der Waals surface area contributed by atoms with Crippen molar-refractivity contribution in [3.63, 3.8) is 0 Å². The molecule has 7 heteroatoms. The molecule has 0 aliphatic carbocycles. The third kappa shape index (κ3) is 7.42. The van der Waals surface area contributed by atoms with Crippen LogP contribution in [-0.2, 0) is 22.1 Å². The summed E-state index contributed by atoms with van der Waals surface area (Å²) in [5.41, 5.74) is 0. The fourth-order valence-electron chi connectivity index (χ4n) is 3.21. The predicted octanol–water partition coefficient (Wildman–Crippen LogP) is 3.98. The van der Waals surface area contributed by atoms with E-state index in [1.54, 1.807) is 21.3 Å². The third-order valence-electron chi connectivity index (χ3n) is 4.77. The van der Waals surface area contributed by atoms with Gasteiger partial charge in [0.05, 0.1) is 0 Å². The summed E-state index contributed by atoms with van der Waals surface area (Å²) in [7, 11) is 0.157. The lowest BCUT2D eigenvalue weighted by atomic mass is 10.4. The van der Waals surface area contributed by atoms with E-state index in [9.17, 15) is 0 Å². The van der Waals surface area contributed by atoms with Crippen LogP contribution in [0.5, 0.6) is 0 Å². The molecule has 30 heavy (non-hydrogen) atoms. The van der Waals surface area contributed by atoms with Gasteiger partial charge in [0.1, 0.15) is 0 Å². The molecular formula is C23H38O5Si2. The first-order valence-electron chi connectivity index (χ1n) is 10.6. The topological polar surface area (TPSA) is 46.2 Å². The van der Waals surface area contributed by atoms with E-state index in [4.69, 9.17) is 22.1 Å². The zero-order chi connectivity index (χ0) is 22.3. The SMILES string of the molecule is CCCC[Si](OC)(OC)OC.CCO[Si](OCC)(c1ccccc1)c1ccccc1. The van der Waals surface area contributed by atoms with Crippen LogP contribution in [0.25, 0.3) is 0 Å². The van der Waals surface area contributed by atoms with Crippen LogP contribution >= 0.6 is 0 Å². The Balaban J connectivity index is 0.000000352. The van der Waals surface area contributed by atoms with Crippen molar-refractivity contribution >= 4 is 27.7 Å². The highest BCUT2D eigenvalue weighted by Crippen LogP contribution is 2.15. The molecule has 0 heterocycles. The summed E-state index contributed by atoms with van der Waals surface area (Å²) in [5.74, 6) is 0. The lowest BCUT2D eigenvalue weighted by molar-refractivity contribution is 0.123. The summed E-state index contributed by atoms with van der Waals surface area (Å²) in [6.07, 6.45) is 2.24. The molecule has 0 N–H and O–H groups in total. The largest absolute Gasteiger partial charge is 0.500 e. The summed E-state index contributed by atoms with van der Waals surface area (Å²) in [6, 6.07) is 21.5. The molecule has 2 rings (SSSR count). The van der Waals surface area contributed by atoms with Crippen LogP contribution in [0, 0.1) is 0 Å². The molecule has 5 nitrogen and oxygen atoms in total. The monoisotopic (exact) mass is 450 g/mol. The fraction of sp³-hybridized carbons (Fsp3) is 0.478. The Bertz CT molecular complexity index is 610. The van der Waals surface area contributed by atoms with Gasteiger partial charge in [-0.1, -0.05) is 74.0 Å². The van der Waals surface area contributed by atoms with Gasteiger partial charge in [-0.2, -0.15) is 0 Å². The Morgan fingerprint density at radius 2 is 1.03 bits per heavy atom. The van der Waals surface area contributed by atoms with Gasteiger partial charge in [0.15, 0.2) is 0 Å². The Morgan fingerprint density at radius 3 is 1.33 bits per heavy atom. The summed E-state index contributed by atoms with van der Waals surface area (Å²) >= 11 is 0. The molecule has 0 amide bonds. The van der Waals surface area contributed by atoms with Crippen LogP contribution < -0.4 is 10.4 Å². The Morgan fingerprint density at radius 1 is 0.633 bits per heavy atom. The van der Waals surface area contributed by atoms with E-state index in [-0.39, 0.29) is 0 Å². The van der Waals surface area contributed by atoms with Crippen molar-refractivity contribution in [2.24, 2.45) is 0 Å². The highest BCUT2D eigenvalue weighted by atomic mass is 28.4. The van der Waals surface area contributed by atoms with E-state index in [2.05, 4.69) is 31.2 Å². The van der Waals surface area contributed by atoms with E-state index in [0.717, 1.165) is 29.3 Å². The van der Waals surface area contributed by atoms with Gasteiger partial charge < -0.3 is 22.1 Å².